The second-order valence-electron chi connectivity index (χ2n) is 6.84. The van der Waals surface area contributed by atoms with E-state index >= 15 is 0 Å². The van der Waals surface area contributed by atoms with Crippen LogP contribution in [-0.2, 0) is 6.54 Å². The summed E-state index contributed by atoms with van der Waals surface area (Å²) in [5.74, 6) is 0.885. The van der Waals surface area contributed by atoms with Gasteiger partial charge < -0.3 is 20.4 Å². The topological polar surface area (TPSA) is 42.9 Å². The number of rotatable bonds is 5. The number of nitrogens with zero attached hydrogens (tertiary/aromatic N) is 3. The molecule has 1 fully saturated rings. The Bertz CT molecular complexity index is 692. The quantitative estimate of drug-likeness (QED) is 0.374. The van der Waals surface area contributed by atoms with Gasteiger partial charge in [-0.1, -0.05) is 12.1 Å². The van der Waals surface area contributed by atoms with Gasteiger partial charge >= 0.3 is 0 Å². The van der Waals surface area contributed by atoms with Crippen molar-refractivity contribution in [3.8, 4) is 0 Å². The van der Waals surface area contributed by atoms with Crippen molar-refractivity contribution in [1.82, 2.24) is 10.6 Å². The smallest absolute Gasteiger partial charge is 0.191 e. The molecule has 1 aromatic heterocycles. The van der Waals surface area contributed by atoms with Gasteiger partial charge in [0.25, 0.3) is 0 Å². The zero-order valence-corrected chi connectivity index (χ0v) is 19.5. The largest absolute Gasteiger partial charge is 0.378 e. The first-order valence-corrected chi connectivity index (χ1v) is 10.1. The van der Waals surface area contributed by atoms with E-state index < -0.39 is 0 Å². The molecule has 0 saturated carbocycles. The van der Waals surface area contributed by atoms with Crippen molar-refractivity contribution >= 4 is 52.0 Å². The van der Waals surface area contributed by atoms with Gasteiger partial charge in [-0.05, 0) is 48.1 Å². The maximum absolute atomic E-state index is 4.39. The Morgan fingerprint density at radius 2 is 1.89 bits per heavy atom. The van der Waals surface area contributed by atoms with Crippen molar-refractivity contribution in [2.75, 3.05) is 44.0 Å². The van der Waals surface area contributed by atoms with E-state index in [2.05, 4.69) is 81.3 Å². The fourth-order valence-corrected chi connectivity index (χ4v) is 3.97. The molecule has 148 valence electrons. The summed E-state index contributed by atoms with van der Waals surface area (Å²) in [7, 11) is 5.96. The maximum Gasteiger partial charge on any atom is 0.191 e. The van der Waals surface area contributed by atoms with E-state index in [1.54, 1.807) is 0 Å². The third-order valence-electron chi connectivity index (χ3n) is 4.79. The maximum atomic E-state index is 4.39. The zero-order chi connectivity index (χ0) is 18.4. The van der Waals surface area contributed by atoms with Crippen molar-refractivity contribution in [1.29, 1.82) is 0 Å². The molecule has 7 heteroatoms. The van der Waals surface area contributed by atoms with Crippen molar-refractivity contribution in [2.45, 2.75) is 25.4 Å². The summed E-state index contributed by atoms with van der Waals surface area (Å²) >= 11 is 1.82. The Balaban J connectivity index is 0.00000261. The lowest BCUT2D eigenvalue weighted by Gasteiger charge is -2.33. The van der Waals surface area contributed by atoms with E-state index in [4.69, 9.17) is 0 Å². The number of anilines is 2. The van der Waals surface area contributed by atoms with Crippen LogP contribution in [0.5, 0.6) is 0 Å². The van der Waals surface area contributed by atoms with E-state index in [0.717, 1.165) is 38.4 Å². The predicted molar refractivity (Wildman–Crippen MR) is 129 cm³/mol. The second kappa shape index (κ2) is 10.8. The van der Waals surface area contributed by atoms with E-state index in [1.165, 1.54) is 16.3 Å². The van der Waals surface area contributed by atoms with Crippen molar-refractivity contribution < 1.29 is 0 Å². The van der Waals surface area contributed by atoms with Gasteiger partial charge in [-0.2, -0.15) is 0 Å². The molecule has 0 spiro atoms. The average molecular weight is 499 g/mol. The van der Waals surface area contributed by atoms with Gasteiger partial charge in [-0.3, -0.25) is 4.99 Å². The lowest BCUT2D eigenvalue weighted by atomic mass is 10.1. The highest BCUT2D eigenvalue weighted by atomic mass is 127. The molecular weight excluding hydrogens is 469 g/mol. The Kier molecular flexibility index (Phi) is 8.69. The van der Waals surface area contributed by atoms with Crippen LogP contribution in [-0.4, -0.2) is 46.2 Å². The second-order valence-corrected chi connectivity index (χ2v) is 7.77. The van der Waals surface area contributed by atoms with Crippen LogP contribution in [0.15, 0.2) is 46.8 Å². The lowest BCUT2D eigenvalue weighted by Crippen LogP contribution is -2.48. The van der Waals surface area contributed by atoms with Gasteiger partial charge in [0.05, 0.1) is 5.00 Å². The summed E-state index contributed by atoms with van der Waals surface area (Å²) in [4.78, 5) is 8.98. The van der Waals surface area contributed by atoms with Crippen LogP contribution in [0.4, 0.5) is 10.7 Å². The Morgan fingerprint density at radius 3 is 2.44 bits per heavy atom. The number of halogens is 1. The Morgan fingerprint density at radius 1 is 1.19 bits per heavy atom. The van der Waals surface area contributed by atoms with Crippen molar-refractivity contribution in [3.05, 3.63) is 47.3 Å². The number of hydrogen-bond donors (Lipinski definition) is 2. The van der Waals surface area contributed by atoms with Gasteiger partial charge in [0.2, 0.25) is 0 Å². The molecule has 2 aromatic rings. The predicted octanol–water partition coefficient (Wildman–Crippen LogP) is 3.77. The fourth-order valence-electron chi connectivity index (χ4n) is 3.18. The first-order valence-electron chi connectivity index (χ1n) is 9.17. The van der Waals surface area contributed by atoms with Gasteiger partial charge in [0.1, 0.15) is 0 Å². The van der Waals surface area contributed by atoms with Crippen LogP contribution >= 0.6 is 35.3 Å². The summed E-state index contributed by atoms with van der Waals surface area (Å²) in [5.41, 5.74) is 2.47. The molecule has 1 saturated heterocycles. The van der Waals surface area contributed by atoms with Crippen molar-refractivity contribution in [2.24, 2.45) is 4.99 Å². The third kappa shape index (κ3) is 6.27. The van der Waals surface area contributed by atoms with E-state index in [1.807, 2.05) is 18.4 Å². The molecule has 0 amide bonds. The molecule has 0 bridgehead atoms. The van der Waals surface area contributed by atoms with Crippen LogP contribution in [0.1, 0.15) is 18.4 Å². The minimum atomic E-state index is 0. The number of aliphatic imine (C=N–C) groups is 1. The van der Waals surface area contributed by atoms with Gasteiger partial charge in [-0.25, -0.2) is 0 Å². The summed E-state index contributed by atoms with van der Waals surface area (Å²) in [6.45, 7) is 2.98. The molecule has 0 aliphatic carbocycles. The average Bonchev–Trinajstić information content (AvgIpc) is 3.20. The minimum Gasteiger partial charge on any atom is -0.378 e. The zero-order valence-electron chi connectivity index (χ0n) is 16.3. The summed E-state index contributed by atoms with van der Waals surface area (Å²) in [6, 6.07) is 13.4. The highest BCUT2D eigenvalue weighted by Crippen LogP contribution is 2.24. The number of nitrogens with one attached hydrogen (secondary N) is 2. The summed E-state index contributed by atoms with van der Waals surface area (Å²) < 4.78 is 0. The standard InChI is InChI=1S/C20H29N5S.HI/c1-21-20(22-15-16-6-8-18(9-7-16)24(2)3)23-17-10-12-25(13-11-17)19-5-4-14-26-19;/h4-9,14,17H,10-13,15H2,1-3H3,(H2,21,22,23);1H. The highest BCUT2D eigenvalue weighted by Gasteiger charge is 2.20. The minimum absolute atomic E-state index is 0. The van der Waals surface area contributed by atoms with Gasteiger partial charge in [-0.15, -0.1) is 35.3 Å². The molecule has 3 rings (SSSR count). The molecule has 1 aliphatic heterocycles. The first kappa shape index (κ1) is 21.8. The van der Waals surface area contributed by atoms with E-state index in [-0.39, 0.29) is 24.0 Å². The molecular formula is C20H30IN5S. The molecule has 2 N–H and O–H groups in total. The molecule has 5 nitrogen and oxygen atoms in total. The molecule has 0 unspecified atom stereocenters. The number of piperidine rings is 1. The Hall–Kier alpha value is -1.48. The molecule has 0 radical (unpaired) electrons. The van der Waals surface area contributed by atoms with Gasteiger partial charge in [0.15, 0.2) is 5.96 Å². The molecule has 1 aromatic carbocycles. The first-order chi connectivity index (χ1) is 12.7. The third-order valence-corrected chi connectivity index (χ3v) is 5.72. The highest BCUT2D eigenvalue weighted by molar-refractivity contribution is 14.0. The SMILES string of the molecule is CN=C(NCc1ccc(N(C)C)cc1)NC1CCN(c2cccs2)CC1.I. The summed E-state index contributed by atoms with van der Waals surface area (Å²) in [6.07, 6.45) is 2.27. The summed E-state index contributed by atoms with van der Waals surface area (Å²) in [5, 5.41) is 10.5. The molecule has 0 atom stereocenters. The normalized spacial score (nSPS) is 15.2. The van der Waals surface area contributed by atoms with E-state index in [9.17, 15) is 0 Å². The number of benzene rings is 1. The van der Waals surface area contributed by atoms with Crippen LogP contribution in [0.25, 0.3) is 0 Å². The monoisotopic (exact) mass is 499 g/mol. The van der Waals surface area contributed by atoms with Crippen LogP contribution in [0, 0.1) is 0 Å². The van der Waals surface area contributed by atoms with E-state index in [0.29, 0.717) is 6.04 Å². The number of thiophene rings is 1. The fraction of sp³-hybridized carbons (Fsp3) is 0.450. The Labute approximate surface area is 183 Å². The number of hydrogen-bond acceptors (Lipinski definition) is 4. The molecule has 1 aliphatic rings. The van der Waals surface area contributed by atoms with Crippen LogP contribution in [0.3, 0.4) is 0 Å². The molecule has 27 heavy (non-hydrogen) atoms. The van der Waals surface area contributed by atoms with Crippen molar-refractivity contribution in [3.63, 3.8) is 0 Å². The number of guanidine groups is 1. The van der Waals surface area contributed by atoms with Crippen LogP contribution < -0.4 is 20.4 Å². The molecule has 2 heterocycles. The van der Waals surface area contributed by atoms with Gasteiger partial charge in [0, 0.05) is 52.5 Å². The lowest BCUT2D eigenvalue weighted by molar-refractivity contribution is 0.463. The van der Waals surface area contributed by atoms with Crippen LogP contribution in [0.2, 0.25) is 0 Å².